The predicted octanol–water partition coefficient (Wildman–Crippen LogP) is 13.5. The summed E-state index contributed by atoms with van der Waals surface area (Å²) in [5.74, 6) is 1.35. The molecule has 6 rings (SSSR count). The number of aromatic nitrogens is 1. The zero-order chi connectivity index (χ0) is 40.4. The van der Waals surface area contributed by atoms with E-state index in [0.29, 0.717) is 17.4 Å². The van der Waals surface area contributed by atoms with E-state index in [0.717, 1.165) is 57.8 Å². The Labute approximate surface area is 350 Å². The highest BCUT2D eigenvalue weighted by atomic mass is 32.2. The third kappa shape index (κ3) is 12.9. The third-order valence-electron chi connectivity index (χ3n) is 11.1. The van der Waals surface area contributed by atoms with Crippen LogP contribution in [0.3, 0.4) is 0 Å². The molecule has 1 unspecified atom stereocenters. The van der Waals surface area contributed by atoms with Gasteiger partial charge in [-0.2, -0.15) is 0 Å². The van der Waals surface area contributed by atoms with E-state index < -0.39 is 6.29 Å². The fourth-order valence-corrected chi connectivity index (χ4v) is 8.68. The van der Waals surface area contributed by atoms with Crippen LogP contribution in [0.15, 0.2) is 119 Å². The van der Waals surface area contributed by atoms with Crippen LogP contribution >= 0.6 is 11.8 Å². The first-order valence-electron chi connectivity index (χ1n) is 21.7. The molecule has 0 aliphatic carbocycles. The van der Waals surface area contributed by atoms with E-state index in [9.17, 15) is 9.90 Å². The lowest BCUT2D eigenvalue weighted by Crippen LogP contribution is -2.38. The van der Waals surface area contributed by atoms with Crippen molar-refractivity contribution in [1.82, 2.24) is 4.98 Å². The molecule has 0 radical (unpaired) electrons. The standard InChI is InChI=1S/C50H62N2O5S/c1-3-4-5-6-7-8-9-10-11-12-13-14-21-29-45(54)51-43-28-22-27-42(34-43)49-55-44(37(2)47(56-49)41-32-30-38(35-53)31-33-41)36-58-50-52-46(39-23-17-15-18-24-39)48(57-50)40-25-19-16-20-26-40/h15-20,22-28,30-34,37,44,47,49,53H,3-14,21,29,35-36H2,1-2H3,(H,51,54)/t37-,44+,47+,49?/m0/s1. The van der Waals surface area contributed by atoms with Crippen LogP contribution in [0.2, 0.25) is 0 Å². The van der Waals surface area contributed by atoms with Gasteiger partial charge in [0.05, 0.1) is 18.8 Å². The number of carbonyl (C=O) groups excluding carboxylic acids is 1. The second-order valence-corrected chi connectivity index (χ2v) is 16.7. The molecular weight excluding hydrogens is 741 g/mol. The number of hydrogen-bond acceptors (Lipinski definition) is 7. The van der Waals surface area contributed by atoms with Crippen molar-refractivity contribution >= 4 is 23.4 Å². The topological polar surface area (TPSA) is 93.8 Å². The molecule has 0 bridgehead atoms. The second kappa shape index (κ2) is 23.4. The van der Waals surface area contributed by atoms with Gasteiger partial charge in [0.25, 0.3) is 5.22 Å². The van der Waals surface area contributed by atoms with E-state index in [2.05, 4.69) is 31.3 Å². The van der Waals surface area contributed by atoms with Crippen molar-refractivity contribution in [2.24, 2.45) is 5.92 Å². The van der Waals surface area contributed by atoms with Gasteiger partial charge in [-0.15, -0.1) is 0 Å². The van der Waals surface area contributed by atoms with Crippen molar-refractivity contribution in [3.05, 3.63) is 126 Å². The number of unbranched alkanes of at least 4 members (excludes halogenated alkanes) is 12. The monoisotopic (exact) mass is 802 g/mol. The maximum absolute atomic E-state index is 13.0. The van der Waals surface area contributed by atoms with Crippen molar-refractivity contribution in [2.45, 2.75) is 134 Å². The van der Waals surface area contributed by atoms with Gasteiger partial charge in [-0.3, -0.25) is 4.79 Å². The van der Waals surface area contributed by atoms with E-state index in [-0.39, 0.29) is 30.6 Å². The number of carbonyl (C=O) groups is 1. The van der Waals surface area contributed by atoms with Crippen LogP contribution in [-0.2, 0) is 20.9 Å². The molecule has 0 saturated carbocycles. The van der Waals surface area contributed by atoms with Crippen molar-refractivity contribution < 1.29 is 23.8 Å². The van der Waals surface area contributed by atoms with Crippen molar-refractivity contribution in [1.29, 1.82) is 0 Å². The zero-order valence-corrected chi connectivity index (χ0v) is 35.3. The highest BCUT2D eigenvalue weighted by Gasteiger charge is 2.39. The molecular formula is C50H62N2O5S. The van der Waals surface area contributed by atoms with Crippen LogP contribution in [0.1, 0.15) is 133 Å². The van der Waals surface area contributed by atoms with Gasteiger partial charge >= 0.3 is 0 Å². The number of rotatable bonds is 23. The number of ether oxygens (including phenoxy) is 2. The summed E-state index contributed by atoms with van der Waals surface area (Å²) in [5, 5.41) is 13.4. The molecule has 308 valence electrons. The number of aliphatic hydroxyl groups is 1. The normalized spacial score (nSPS) is 18.0. The fraction of sp³-hybridized carbons (Fsp3) is 0.440. The molecule has 1 aliphatic heterocycles. The Morgan fingerprint density at radius 2 is 1.33 bits per heavy atom. The Balaban J connectivity index is 1.06. The van der Waals surface area contributed by atoms with Gasteiger partial charge in [-0.1, -0.05) is 200 Å². The minimum Gasteiger partial charge on any atom is -0.431 e. The summed E-state index contributed by atoms with van der Waals surface area (Å²) in [5.41, 5.74) is 6.22. The Kier molecular flexibility index (Phi) is 17.5. The molecule has 1 aromatic heterocycles. The van der Waals surface area contributed by atoms with Crippen LogP contribution in [0.5, 0.6) is 0 Å². The molecule has 1 fully saturated rings. The number of aliphatic hydroxyl groups excluding tert-OH is 1. The number of benzene rings is 4. The summed E-state index contributed by atoms with van der Waals surface area (Å²) in [7, 11) is 0. The first kappa shape index (κ1) is 43.4. The SMILES string of the molecule is CCCCCCCCCCCCCCCC(=O)Nc1cccc(C2O[C@H](CSc3nc(-c4ccccc4)c(-c4ccccc4)o3)[C@H](C)[C@H](c3ccc(CO)cc3)O2)c1. The minimum atomic E-state index is -0.661. The molecule has 2 heterocycles. The molecule has 1 aliphatic rings. The summed E-state index contributed by atoms with van der Waals surface area (Å²) in [6.07, 6.45) is 16.0. The zero-order valence-electron chi connectivity index (χ0n) is 34.5. The lowest BCUT2D eigenvalue weighted by atomic mass is 9.91. The molecule has 4 aromatic carbocycles. The van der Waals surface area contributed by atoms with E-state index in [1.54, 1.807) is 0 Å². The molecule has 58 heavy (non-hydrogen) atoms. The maximum Gasteiger partial charge on any atom is 0.256 e. The van der Waals surface area contributed by atoms with E-state index >= 15 is 0 Å². The average Bonchev–Trinajstić information content (AvgIpc) is 3.70. The van der Waals surface area contributed by atoms with E-state index in [1.165, 1.54) is 82.4 Å². The predicted molar refractivity (Wildman–Crippen MR) is 236 cm³/mol. The van der Waals surface area contributed by atoms with Crippen molar-refractivity contribution in [3.8, 4) is 22.6 Å². The molecule has 8 heteroatoms. The third-order valence-corrected chi connectivity index (χ3v) is 12.1. The van der Waals surface area contributed by atoms with Crippen LogP contribution in [-0.4, -0.2) is 27.9 Å². The molecule has 0 spiro atoms. The van der Waals surface area contributed by atoms with Gasteiger partial charge < -0.3 is 24.3 Å². The number of anilines is 1. The second-order valence-electron chi connectivity index (χ2n) is 15.7. The number of hydrogen-bond donors (Lipinski definition) is 2. The molecule has 1 saturated heterocycles. The summed E-state index contributed by atoms with van der Waals surface area (Å²) in [4.78, 5) is 18.0. The summed E-state index contributed by atoms with van der Waals surface area (Å²) < 4.78 is 20.0. The Bertz CT molecular complexity index is 1880. The van der Waals surface area contributed by atoms with E-state index in [4.69, 9.17) is 18.9 Å². The molecule has 5 aromatic rings. The number of nitrogens with zero attached hydrogens (tertiary/aromatic N) is 1. The molecule has 4 atom stereocenters. The Morgan fingerprint density at radius 1 is 0.707 bits per heavy atom. The van der Waals surface area contributed by atoms with Gasteiger partial charge in [0.2, 0.25) is 5.91 Å². The quantitative estimate of drug-likeness (QED) is 0.0502. The fourth-order valence-electron chi connectivity index (χ4n) is 7.69. The van der Waals surface area contributed by atoms with Crippen LogP contribution in [0, 0.1) is 5.92 Å². The first-order valence-corrected chi connectivity index (χ1v) is 22.7. The Hall–Kier alpha value is -4.21. The van der Waals surface area contributed by atoms with Gasteiger partial charge in [0.15, 0.2) is 12.1 Å². The summed E-state index contributed by atoms with van der Waals surface area (Å²) >= 11 is 1.54. The number of oxazole rings is 1. The largest absolute Gasteiger partial charge is 0.431 e. The first-order chi connectivity index (χ1) is 28.5. The molecule has 2 N–H and O–H groups in total. The van der Waals surface area contributed by atoms with Crippen LogP contribution in [0.25, 0.3) is 22.6 Å². The smallest absolute Gasteiger partial charge is 0.256 e. The average molecular weight is 803 g/mol. The van der Waals surface area contributed by atoms with Crippen LogP contribution in [0.4, 0.5) is 5.69 Å². The highest BCUT2D eigenvalue weighted by molar-refractivity contribution is 7.99. The summed E-state index contributed by atoms with van der Waals surface area (Å²) in [6.45, 7) is 4.40. The number of nitrogens with one attached hydrogen (secondary N) is 1. The molecule has 1 amide bonds. The Morgan fingerprint density at radius 3 is 1.97 bits per heavy atom. The number of thioether (sulfide) groups is 1. The van der Waals surface area contributed by atoms with Gasteiger partial charge in [0, 0.05) is 40.5 Å². The van der Waals surface area contributed by atoms with Gasteiger partial charge in [0.1, 0.15) is 5.69 Å². The minimum absolute atomic E-state index is 0.0101. The van der Waals surface area contributed by atoms with Crippen molar-refractivity contribution in [2.75, 3.05) is 11.1 Å². The van der Waals surface area contributed by atoms with Crippen LogP contribution < -0.4 is 5.32 Å². The lowest BCUT2D eigenvalue weighted by Gasteiger charge is -2.41. The van der Waals surface area contributed by atoms with Gasteiger partial charge in [-0.25, -0.2) is 4.98 Å². The summed E-state index contributed by atoms with van der Waals surface area (Å²) in [6, 6.07) is 36.0. The number of amides is 1. The van der Waals surface area contributed by atoms with Gasteiger partial charge in [-0.05, 0) is 29.7 Å². The lowest BCUT2D eigenvalue weighted by molar-refractivity contribution is -0.268. The maximum atomic E-state index is 13.0. The van der Waals surface area contributed by atoms with E-state index in [1.807, 2.05) is 97.1 Å². The van der Waals surface area contributed by atoms with Crippen molar-refractivity contribution in [3.63, 3.8) is 0 Å². The molecule has 7 nitrogen and oxygen atoms in total. The highest BCUT2D eigenvalue weighted by Crippen LogP contribution is 2.44.